The average molecular weight is 341 g/mol. The van der Waals surface area contributed by atoms with Gasteiger partial charge in [-0.1, -0.05) is 13.8 Å². The topological polar surface area (TPSA) is 55.0 Å². The van der Waals surface area contributed by atoms with Gasteiger partial charge in [0.2, 0.25) is 0 Å². The standard InChI is InChI=1S/C13H17BrN4S/c1-8(2)11-12(15)16-7-17-13(11)18(3)5-10-4-9(14)6-19-10/h4,6-8H,5H2,1-3H3,(H2,15,16,17). The first-order valence-corrected chi connectivity index (χ1v) is 7.70. The predicted molar refractivity (Wildman–Crippen MR) is 84.7 cm³/mol. The Kier molecular flexibility index (Phi) is 4.42. The van der Waals surface area contributed by atoms with E-state index >= 15 is 0 Å². The Labute approximate surface area is 125 Å². The summed E-state index contributed by atoms with van der Waals surface area (Å²) >= 11 is 5.20. The second-order valence-electron chi connectivity index (χ2n) is 4.74. The van der Waals surface area contributed by atoms with Crippen LogP contribution in [0.4, 0.5) is 11.6 Å². The predicted octanol–water partition coefficient (Wildman–Crippen LogP) is 3.64. The quantitative estimate of drug-likeness (QED) is 0.922. The average Bonchev–Trinajstić information content (AvgIpc) is 2.73. The number of hydrogen-bond donors (Lipinski definition) is 1. The summed E-state index contributed by atoms with van der Waals surface area (Å²) in [5.74, 6) is 1.78. The van der Waals surface area contributed by atoms with Crippen molar-refractivity contribution in [2.45, 2.75) is 26.3 Å². The van der Waals surface area contributed by atoms with Gasteiger partial charge in [0.15, 0.2) is 0 Å². The van der Waals surface area contributed by atoms with Gasteiger partial charge in [-0.05, 0) is 27.9 Å². The molecule has 2 rings (SSSR count). The van der Waals surface area contributed by atoms with E-state index in [2.05, 4.69) is 56.1 Å². The van der Waals surface area contributed by atoms with E-state index in [-0.39, 0.29) is 0 Å². The van der Waals surface area contributed by atoms with Crippen LogP contribution in [0.3, 0.4) is 0 Å². The van der Waals surface area contributed by atoms with E-state index < -0.39 is 0 Å². The Morgan fingerprint density at radius 2 is 2.16 bits per heavy atom. The minimum absolute atomic E-state index is 0.300. The van der Waals surface area contributed by atoms with Crippen LogP contribution >= 0.6 is 27.3 Å². The summed E-state index contributed by atoms with van der Waals surface area (Å²) in [5, 5.41) is 2.08. The van der Waals surface area contributed by atoms with Crippen molar-refractivity contribution in [3.05, 3.63) is 32.7 Å². The number of rotatable bonds is 4. The smallest absolute Gasteiger partial charge is 0.137 e. The molecule has 19 heavy (non-hydrogen) atoms. The number of halogens is 1. The minimum Gasteiger partial charge on any atom is -0.383 e. The second-order valence-corrected chi connectivity index (χ2v) is 6.65. The lowest BCUT2D eigenvalue weighted by atomic mass is 10.0. The van der Waals surface area contributed by atoms with Crippen LogP contribution in [-0.4, -0.2) is 17.0 Å². The van der Waals surface area contributed by atoms with Crippen molar-refractivity contribution < 1.29 is 0 Å². The molecular formula is C13H17BrN4S. The van der Waals surface area contributed by atoms with E-state index in [1.807, 2.05) is 7.05 Å². The third-order valence-corrected chi connectivity index (χ3v) is 4.53. The summed E-state index contributed by atoms with van der Waals surface area (Å²) in [5.41, 5.74) is 6.99. The number of aromatic nitrogens is 2. The maximum absolute atomic E-state index is 5.97. The van der Waals surface area contributed by atoms with Crippen molar-refractivity contribution in [2.75, 3.05) is 17.7 Å². The van der Waals surface area contributed by atoms with Crippen LogP contribution in [0.15, 0.2) is 22.2 Å². The molecule has 0 unspecified atom stereocenters. The van der Waals surface area contributed by atoms with Crippen LogP contribution in [0, 0.1) is 0 Å². The highest BCUT2D eigenvalue weighted by Crippen LogP contribution is 2.30. The normalized spacial score (nSPS) is 11.0. The zero-order valence-corrected chi connectivity index (χ0v) is 13.6. The Bertz CT molecular complexity index is 568. The van der Waals surface area contributed by atoms with Crippen molar-refractivity contribution in [3.8, 4) is 0 Å². The van der Waals surface area contributed by atoms with Crippen molar-refractivity contribution in [1.29, 1.82) is 0 Å². The van der Waals surface area contributed by atoms with Gasteiger partial charge in [0.1, 0.15) is 18.0 Å². The zero-order valence-electron chi connectivity index (χ0n) is 11.2. The number of nitrogen functional groups attached to an aromatic ring is 1. The molecule has 0 saturated heterocycles. The van der Waals surface area contributed by atoms with E-state index in [9.17, 15) is 0 Å². The SMILES string of the molecule is CC(C)c1c(N)ncnc1N(C)Cc1cc(Br)cs1. The number of hydrogen-bond acceptors (Lipinski definition) is 5. The Morgan fingerprint density at radius 1 is 1.42 bits per heavy atom. The molecule has 0 radical (unpaired) electrons. The van der Waals surface area contributed by atoms with Gasteiger partial charge in [-0.2, -0.15) is 0 Å². The fraction of sp³-hybridized carbons (Fsp3) is 0.385. The summed E-state index contributed by atoms with van der Waals surface area (Å²) in [7, 11) is 2.03. The van der Waals surface area contributed by atoms with Gasteiger partial charge in [0, 0.05) is 27.3 Å². The molecule has 2 aromatic rings. The van der Waals surface area contributed by atoms with Gasteiger partial charge in [-0.25, -0.2) is 9.97 Å². The molecule has 0 spiro atoms. The van der Waals surface area contributed by atoms with Gasteiger partial charge in [0.25, 0.3) is 0 Å². The molecule has 0 atom stereocenters. The monoisotopic (exact) mass is 340 g/mol. The van der Waals surface area contributed by atoms with Crippen LogP contribution in [0.1, 0.15) is 30.2 Å². The maximum Gasteiger partial charge on any atom is 0.137 e. The third-order valence-electron chi connectivity index (χ3n) is 2.85. The molecule has 0 aliphatic carbocycles. The fourth-order valence-electron chi connectivity index (χ4n) is 2.00. The van der Waals surface area contributed by atoms with E-state index in [1.54, 1.807) is 11.3 Å². The van der Waals surface area contributed by atoms with Crippen molar-refractivity contribution >= 4 is 38.9 Å². The van der Waals surface area contributed by atoms with E-state index in [0.717, 1.165) is 22.4 Å². The third kappa shape index (κ3) is 3.25. The number of nitrogens with zero attached hydrogens (tertiary/aromatic N) is 3. The van der Waals surface area contributed by atoms with Gasteiger partial charge >= 0.3 is 0 Å². The molecule has 102 valence electrons. The zero-order chi connectivity index (χ0) is 14.0. The molecule has 2 aromatic heterocycles. The number of anilines is 2. The molecule has 6 heteroatoms. The van der Waals surface area contributed by atoms with Gasteiger partial charge in [0.05, 0.1) is 6.54 Å². The summed E-state index contributed by atoms with van der Waals surface area (Å²) in [6.07, 6.45) is 1.53. The second kappa shape index (κ2) is 5.88. The summed E-state index contributed by atoms with van der Waals surface area (Å²) < 4.78 is 1.12. The first kappa shape index (κ1) is 14.3. The minimum atomic E-state index is 0.300. The van der Waals surface area contributed by atoms with Crippen molar-refractivity contribution in [2.24, 2.45) is 0 Å². The van der Waals surface area contributed by atoms with Crippen LogP contribution in [0.2, 0.25) is 0 Å². The molecular weight excluding hydrogens is 324 g/mol. The molecule has 0 aromatic carbocycles. The lowest BCUT2D eigenvalue weighted by Gasteiger charge is -2.22. The van der Waals surface area contributed by atoms with Gasteiger partial charge in [-0.3, -0.25) is 0 Å². The van der Waals surface area contributed by atoms with Gasteiger partial charge < -0.3 is 10.6 Å². The summed E-state index contributed by atoms with van der Waals surface area (Å²) in [4.78, 5) is 11.9. The maximum atomic E-state index is 5.97. The molecule has 2 heterocycles. The van der Waals surface area contributed by atoms with Crippen molar-refractivity contribution in [1.82, 2.24) is 9.97 Å². The Hall–Kier alpha value is -1.14. The lowest BCUT2D eigenvalue weighted by molar-refractivity contribution is 0.816. The van der Waals surface area contributed by atoms with E-state index in [1.165, 1.54) is 11.2 Å². The van der Waals surface area contributed by atoms with Gasteiger partial charge in [-0.15, -0.1) is 11.3 Å². The lowest BCUT2D eigenvalue weighted by Crippen LogP contribution is -2.20. The van der Waals surface area contributed by atoms with Crippen LogP contribution in [-0.2, 0) is 6.54 Å². The highest BCUT2D eigenvalue weighted by atomic mass is 79.9. The number of nitrogens with two attached hydrogens (primary N) is 1. The number of thiophene rings is 1. The van der Waals surface area contributed by atoms with E-state index in [0.29, 0.717) is 11.7 Å². The summed E-state index contributed by atoms with van der Waals surface area (Å²) in [6, 6.07) is 2.13. The van der Waals surface area contributed by atoms with Crippen LogP contribution < -0.4 is 10.6 Å². The first-order valence-electron chi connectivity index (χ1n) is 6.03. The molecule has 0 amide bonds. The molecule has 2 N–H and O–H groups in total. The Balaban J connectivity index is 2.28. The molecule has 4 nitrogen and oxygen atoms in total. The highest BCUT2D eigenvalue weighted by Gasteiger charge is 2.16. The first-order chi connectivity index (χ1) is 8.99. The molecule has 0 aliphatic rings. The van der Waals surface area contributed by atoms with Crippen molar-refractivity contribution in [3.63, 3.8) is 0 Å². The molecule has 0 bridgehead atoms. The summed E-state index contributed by atoms with van der Waals surface area (Å²) in [6.45, 7) is 5.02. The Morgan fingerprint density at radius 3 is 2.74 bits per heavy atom. The molecule has 0 fully saturated rings. The highest BCUT2D eigenvalue weighted by molar-refractivity contribution is 9.10. The van der Waals surface area contributed by atoms with Crippen LogP contribution in [0.25, 0.3) is 0 Å². The molecule has 0 aliphatic heterocycles. The van der Waals surface area contributed by atoms with E-state index in [4.69, 9.17) is 5.73 Å². The largest absolute Gasteiger partial charge is 0.383 e. The fourth-order valence-corrected chi connectivity index (χ4v) is 3.51. The van der Waals surface area contributed by atoms with Crippen LogP contribution in [0.5, 0.6) is 0 Å². The molecule has 0 saturated carbocycles.